The Bertz CT molecular complexity index is 182. The second-order valence-corrected chi connectivity index (χ2v) is 4.63. The lowest BCUT2D eigenvalue weighted by Crippen LogP contribution is -2.49. The molecule has 0 rings (SSSR count). The van der Waals surface area contributed by atoms with Crippen LogP contribution in [0.2, 0.25) is 0 Å². The maximum atomic E-state index is 9.14. The number of hydrogen-bond acceptors (Lipinski definition) is 3. The van der Waals surface area contributed by atoms with Crippen LogP contribution in [-0.2, 0) is 0 Å². The van der Waals surface area contributed by atoms with Gasteiger partial charge in [0, 0.05) is 18.0 Å². The highest BCUT2D eigenvalue weighted by Crippen LogP contribution is 2.16. The van der Waals surface area contributed by atoms with Crippen LogP contribution in [0.5, 0.6) is 0 Å². The summed E-state index contributed by atoms with van der Waals surface area (Å²) in [5.74, 6) is 0. The zero-order chi connectivity index (χ0) is 10.6. The molecule has 0 aliphatic carbocycles. The van der Waals surface area contributed by atoms with E-state index in [1.807, 2.05) is 20.9 Å². The molecular weight excluding hydrogens is 184 g/mol. The summed E-state index contributed by atoms with van der Waals surface area (Å²) in [5, 5.41) is 9.14. The fourth-order valence-corrected chi connectivity index (χ4v) is 1.38. The van der Waals surface area contributed by atoms with Crippen molar-refractivity contribution in [2.75, 3.05) is 13.7 Å². The van der Waals surface area contributed by atoms with Crippen molar-refractivity contribution < 1.29 is 5.11 Å². The molecule has 3 nitrogen and oxygen atoms in total. The second kappa shape index (κ2) is 4.88. The Morgan fingerprint density at radius 3 is 2.38 bits per heavy atom. The third kappa shape index (κ3) is 4.02. The number of thiocarbonyl (C=S) groups is 1. The van der Waals surface area contributed by atoms with Gasteiger partial charge in [0.05, 0.1) is 11.6 Å². The monoisotopic (exact) mass is 204 g/mol. The number of rotatable bonds is 5. The Hall–Kier alpha value is -0.190. The molecule has 1 unspecified atom stereocenters. The van der Waals surface area contributed by atoms with Crippen LogP contribution in [0, 0.1) is 0 Å². The summed E-state index contributed by atoms with van der Waals surface area (Å²) in [4.78, 5) is 2.61. The molecule has 3 N–H and O–H groups in total. The fourth-order valence-electron chi connectivity index (χ4n) is 1.14. The number of hydrogen-bond donors (Lipinski definition) is 2. The van der Waals surface area contributed by atoms with Gasteiger partial charge in [0.15, 0.2) is 0 Å². The predicted molar refractivity (Wildman–Crippen MR) is 59.8 cm³/mol. The first-order chi connectivity index (χ1) is 5.81. The first-order valence-corrected chi connectivity index (χ1v) is 4.84. The van der Waals surface area contributed by atoms with Crippen molar-refractivity contribution in [2.45, 2.75) is 38.8 Å². The first kappa shape index (κ1) is 12.8. The molecule has 4 heteroatoms. The van der Waals surface area contributed by atoms with Gasteiger partial charge in [0.1, 0.15) is 0 Å². The molecule has 0 saturated heterocycles. The molecule has 0 aliphatic heterocycles. The van der Waals surface area contributed by atoms with Crippen molar-refractivity contribution in [3.05, 3.63) is 0 Å². The third-order valence-electron chi connectivity index (χ3n) is 2.50. The molecule has 0 aromatic heterocycles. The van der Waals surface area contributed by atoms with Gasteiger partial charge in [-0.3, -0.25) is 4.90 Å². The minimum absolute atomic E-state index is 0.130. The highest BCUT2D eigenvalue weighted by Gasteiger charge is 2.26. The van der Waals surface area contributed by atoms with Crippen LogP contribution in [0.4, 0.5) is 0 Å². The average molecular weight is 204 g/mol. The number of nitrogens with zero attached hydrogens (tertiary/aromatic N) is 1. The van der Waals surface area contributed by atoms with E-state index in [9.17, 15) is 0 Å². The molecule has 0 radical (unpaired) electrons. The van der Waals surface area contributed by atoms with Gasteiger partial charge in [0.25, 0.3) is 0 Å². The molecule has 0 spiro atoms. The van der Waals surface area contributed by atoms with Crippen LogP contribution in [0.15, 0.2) is 0 Å². The Kier molecular flexibility index (Phi) is 4.81. The van der Waals surface area contributed by atoms with Crippen LogP contribution >= 0.6 is 12.2 Å². The minimum atomic E-state index is -0.218. The first-order valence-electron chi connectivity index (χ1n) is 4.43. The lowest BCUT2D eigenvalue weighted by atomic mass is 10.0. The topological polar surface area (TPSA) is 49.5 Å². The molecule has 78 valence electrons. The Labute approximate surface area is 85.9 Å². The van der Waals surface area contributed by atoms with Crippen LogP contribution < -0.4 is 5.73 Å². The largest absolute Gasteiger partial charge is 0.394 e. The summed E-state index contributed by atoms with van der Waals surface area (Å²) >= 11 is 4.84. The van der Waals surface area contributed by atoms with Crippen molar-refractivity contribution in [3.63, 3.8) is 0 Å². The van der Waals surface area contributed by atoms with Gasteiger partial charge in [0.2, 0.25) is 0 Å². The van der Waals surface area contributed by atoms with E-state index in [1.54, 1.807) is 0 Å². The standard InChI is InChI=1S/C9H20N2OS/c1-7(5-8(10)13)11(4)9(2,3)6-12/h7,12H,5-6H2,1-4H3,(H2,10,13). The molecular formula is C9H20N2OS. The van der Waals surface area contributed by atoms with E-state index in [2.05, 4.69) is 11.8 Å². The number of likely N-dealkylation sites (N-methyl/N-ethyl adjacent to an activating group) is 1. The highest BCUT2D eigenvalue weighted by atomic mass is 32.1. The van der Waals surface area contributed by atoms with Crippen LogP contribution in [0.25, 0.3) is 0 Å². The summed E-state index contributed by atoms with van der Waals surface area (Å²) in [7, 11) is 1.97. The molecule has 0 aromatic carbocycles. The maximum Gasteiger partial charge on any atom is 0.0742 e. The Balaban J connectivity index is 4.24. The number of aliphatic hydroxyl groups is 1. The van der Waals surface area contributed by atoms with Crippen molar-refractivity contribution in [2.24, 2.45) is 5.73 Å². The molecule has 0 saturated carbocycles. The summed E-state index contributed by atoms with van der Waals surface area (Å²) in [5.41, 5.74) is 5.24. The second-order valence-electron chi connectivity index (χ2n) is 4.10. The van der Waals surface area contributed by atoms with Crippen LogP contribution in [-0.4, -0.2) is 40.2 Å². The van der Waals surface area contributed by atoms with E-state index in [4.69, 9.17) is 23.1 Å². The van der Waals surface area contributed by atoms with E-state index >= 15 is 0 Å². The van der Waals surface area contributed by atoms with Crippen molar-refractivity contribution in [3.8, 4) is 0 Å². The Morgan fingerprint density at radius 2 is 2.08 bits per heavy atom. The smallest absolute Gasteiger partial charge is 0.0742 e. The highest BCUT2D eigenvalue weighted by molar-refractivity contribution is 7.80. The average Bonchev–Trinajstić information content (AvgIpc) is 2.01. The lowest BCUT2D eigenvalue weighted by molar-refractivity contribution is 0.0529. The summed E-state index contributed by atoms with van der Waals surface area (Å²) < 4.78 is 0. The summed E-state index contributed by atoms with van der Waals surface area (Å²) in [6.07, 6.45) is 0.690. The van der Waals surface area contributed by atoms with E-state index in [0.29, 0.717) is 11.4 Å². The lowest BCUT2D eigenvalue weighted by Gasteiger charge is -2.38. The fraction of sp³-hybridized carbons (Fsp3) is 0.889. The van der Waals surface area contributed by atoms with Gasteiger partial charge in [-0.2, -0.15) is 0 Å². The number of aliphatic hydroxyl groups excluding tert-OH is 1. The molecule has 0 bridgehead atoms. The van der Waals surface area contributed by atoms with Crippen LogP contribution in [0.3, 0.4) is 0 Å². The van der Waals surface area contributed by atoms with Crippen molar-refractivity contribution in [1.29, 1.82) is 0 Å². The van der Waals surface area contributed by atoms with E-state index in [1.165, 1.54) is 0 Å². The molecule has 0 aromatic rings. The van der Waals surface area contributed by atoms with E-state index < -0.39 is 0 Å². The van der Waals surface area contributed by atoms with Gasteiger partial charge in [-0.15, -0.1) is 0 Å². The minimum Gasteiger partial charge on any atom is -0.394 e. The molecule has 13 heavy (non-hydrogen) atoms. The Morgan fingerprint density at radius 1 is 1.62 bits per heavy atom. The van der Waals surface area contributed by atoms with E-state index in [0.717, 1.165) is 0 Å². The quantitative estimate of drug-likeness (QED) is 0.649. The van der Waals surface area contributed by atoms with Gasteiger partial charge in [-0.05, 0) is 27.8 Å². The molecule has 0 amide bonds. The van der Waals surface area contributed by atoms with Gasteiger partial charge in [-0.1, -0.05) is 12.2 Å². The molecule has 0 aliphatic rings. The molecule has 0 fully saturated rings. The van der Waals surface area contributed by atoms with Crippen LogP contribution in [0.1, 0.15) is 27.2 Å². The number of nitrogens with two attached hydrogens (primary N) is 1. The maximum absolute atomic E-state index is 9.14. The third-order valence-corrected chi connectivity index (χ3v) is 2.67. The molecule has 1 atom stereocenters. The zero-order valence-electron chi connectivity index (χ0n) is 8.87. The van der Waals surface area contributed by atoms with E-state index in [-0.39, 0.29) is 18.2 Å². The van der Waals surface area contributed by atoms with Gasteiger partial charge < -0.3 is 10.8 Å². The predicted octanol–water partition coefficient (Wildman–Crippen LogP) is 0.754. The van der Waals surface area contributed by atoms with Gasteiger partial charge >= 0.3 is 0 Å². The van der Waals surface area contributed by atoms with Gasteiger partial charge in [-0.25, -0.2) is 0 Å². The van der Waals surface area contributed by atoms with Crippen molar-refractivity contribution in [1.82, 2.24) is 4.90 Å². The zero-order valence-corrected chi connectivity index (χ0v) is 9.69. The van der Waals surface area contributed by atoms with Crippen molar-refractivity contribution >= 4 is 17.2 Å². The summed E-state index contributed by atoms with van der Waals surface area (Å²) in [6, 6.07) is 0.264. The SMILES string of the molecule is CC(CC(N)=S)N(C)C(C)(C)CO. The molecule has 0 heterocycles. The normalized spacial score (nSPS) is 14.6. The summed E-state index contributed by atoms with van der Waals surface area (Å²) in [6.45, 7) is 6.16.